The van der Waals surface area contributed by atoms with Crippen molar-refractivity contribution in [2.24, 2.45) is 5.92 Å². The molecule has 0 aliphatic heterocycles. The molecule has 1 nitrogen and oxygen atoms in total. The zero-order valence-corrected chi connectivity index (χ0v) is 10.4. The number of rotatable bonds is 5. The van der Waals surface area contributed by atoms with E-state index in [2.05, 4.69) is 23.5 Å². The lowest BCUT2D eigenvalue weighted by Crippen LogP contribution is -2.25. The molecule has 16 heavy (non-hydrogen) atoms. The second kappa shape index (κ2) is 6.90. The molecule has 2 aliphatic carbocycles. The SMILES string of the molecule is C1=CC(CCNCC2CCCCC2)=CCC1. The Bertz CT molecular complexity index is 246. The van der Waals surface area contributed by atoms with Crippen molar-refractivity contribution in [2.45, 2.75) is 51.4 Å². The summed E-state index contributed by atoms with van der Waals surface area (Å²) < 4.78 is 0. The van der Waals surface area contributed by atoms with Gasteiger partial charge in [-0.15, -0.1) is 0 Å². The van der Waals surface area contributed by atoms with Gasteiger partial charge in [-0.2, -0.15) is 0 Å². The van der Waals surface area contributed by atoms with Gasteiger partial charge in [0.1, 0.15) is 0 Å². The van der Waals surface area contributed by atoms with Crippen LogP contribution in [0.2, 0.25) is 0 Å². The van der Waals surface area contributed by atoms with Crippen molar-refractivity contribution in [1.29, 1.82) is 0 Å². The van der Waals surface area contributed by atoms with Gasteiger partial charge < -0.3 is 5.32 Å². The summed E-state index contributed by atoms with van der Waals surface area (Å²) in [4.78, 5) is 0. The maximum absolute atomic E-state index is 3.63. The molecule has 0 spiro atoms. The van der Waals surface area contributed by atoms with E-state index in [1.165, 1.54) is 63.5 Å². The van der Waals surface area contributed by atoms with Gasteiger partial charge in [0.25, 0.3) is 0 Å². The third-order valence-corrected chi connectivity index (χ3v) is 3.82. The van der Waals surface area contributed by atoms with Crippen LogP contribution < -0.4 is 5.32 Å². The van der Waals surface area contributed by atoms with Gasteiger partial charge in [0, 0.05) is 0 Å². The van der Waals surface area contributed by atoms with Crippen molar-refractivity contribution in [1.82, 2.24) is 5.32 Å². The van der Waals surface area contributed by atoms with E-state index in [0.717, 1.165) is 12.5 Å². The fraction of sp³-hybridized carbons (Fsp3) is 0.733. The summed E-state index contributed by atoms with van der Waals surface area (Å²) >= 11 is 0. The van der Waals surface area contributed by atoms with Crippen molar-refractivity contribution in [3.05, 3.63) is 23.8 Å². The average molecular weight is 219 g/mol. The van der Waals surface area contributed by atoms with E-state index in [1.807, 2.05) is 0 Å². The highest BCUT2D eigenvalue weighted by molar-refractivity contribution is 5.22. The molecule has 1 heteroatoms. The van der Waals surface area contributed by atoms with E-state index in [1.54, 1.807) is 0 Å². The molecule has 0 saturated heterocycles. The van der Waals surface area contributed by atoms with Crippen LogP contribution in [0.1, 0.15) is 51.4 Å². The van der Waals surface area contributed by atoms with Gasteiger partial charge in [-0.25, -0.2) is 0 Å². The lowest BCUT2D eigenvalue weighted by atomic mass is 9.89. The van der Waals surface area contributed by atoms with Crippen LogP contribution >= 0.6 is 0 Å². The summed E-state index contributed by atoms with van der Waals surface area (Å²) in [6.45, 7) is 2.41. The van der Waals surface area contributed by atoms with Crippen LogP contribution in [0.4, 0.5) is 0 Å². The van der Waals surface area contributed by atoms with Gasteiger partial charge >= 0.3 is 0 Å². The molecule has 0 amide bonds. The first kappa shape index (κ1) is 11.9. The smallest absolute Gasteiger partial charge is 0.000835 e. The monoisotopic (exact) mass is 219 g/mol. The largest absolute Gasteiger partial charge is 0.316 e. The first-order valence-corrected chi connectivity index (χ1v) is 7.01. The molecule has 0 atom stereocenters. The summed E-state index contributed by atoms with van der Waals surface area (Å²) in [7, 11) is 0. The molecule has 0 heterocycles. The van der Waals surface area contributed by atoms with Gasteiger partial charge in [0.2, 0.25) is 0 Å². The highest BCUT2D eigenvalue weighted by Crippen LogP contribution is 2.22. The Labute approximate surface area is 100 Å². The molecule has 0 radical (unpaired) electrons. The summed E-state index contributed by atoms with van der Waals surface area (Å²) in [5, 5.41) is 3.63. The molecule has 90 valence electrons. The van der Waals surface area contributed by atoms with Crippen LogP contribution in [-0.4, -0.2) is 13.1 Å². The average Bonchev–Trinajstić information content (AvgIpc) is 2.37. The standard InChI is InChI=1S/C15H25N/c1-3-7-14(8-4-1)11-12-16-13-15-9-5-2-6-10-15/h3,7-8,15-16H,1-2,4-6,9-13H2. The fourth-order valence-electron chi connectivity index (χ4n) is 2.78. The van der Waals surface area contributed by atoms with Crippen LogP contribution in [-0.2, 0) is 0 Å². The first-order valence-electron chi connectivity index (χ1n) is 7.01. The third kappa shape index (κ3) is 4.13. The Hall–Kier alpha value is -0.560. The van der Waals surface area contributed by atoms with Crippen molar-refractivity contribution in [3.8, 4) is 0 Å². The predicted molar refractivity (Wildman–Crippen MR) is 70.5 cm³/mol. The van der Waals surface area contributed by atoms with Crippen LogP contribution in [0.25, 0.3) is 0 Å². The molecule has 2 rings (SSSR count). The van der Waals surface area contributed by atoms with Crippen molar-refractivity contribution < 1.29 is 0 Å². The molecule has 0 aromatic heterocycles. The number of allylic oxidation sites excluding steroid dienone is 3. The molecule has 2 aliphatic rings. The van der Waals surface area contributed by atoms with Gasteiger partial charge in [0.15, 0.2) is 0 Å². The second-order valence-corrected chi connectivity index (χ2v) is 5.22. The lowest BCUT2D eigenvalue weighted by Gasteiger charge is -2.21. The maximum Gasteiger partial charge on any atom is -0.000835 e. The van der Waals surface area contributed by atoms with Crippen LogP contribution in [0.3, 0.4) is 0 Å². The van der Waals surface area contributed by atoms with E-state index >= 15 is 0 Å². The molecular formula is C15H25N. The second-order valence-electron chi connectivity index (χ2n) is 5.22. The van der Waals surface area contributed by atoms with Gasteiger partial charge in [0.05, 0.1) is 0 Å². The molecule has 1 N–H and O–H groups in total. The Morgan fingerprint density at radius 3 is 2.75 bits per heavy atom. The van der Waals surface area contributed by atoms with E-state index in [0.29, 0.717) is 0 Å². The van der Waals surface area contributed by atoms with Crippen molar-refractivity contribution in [3.63, 3.8) is 0 Å². The zero-order valence-electron chi connectivity index (χ0n) is 10.4. The normalized spacial score (nSPS) is 22.1. The summed E-state index contributed by atoms with van der Waals surface area (Å²) in [5.41, 5.74) is 1.53. The number of nitrogens with one attached hydrogen (secondary N) is 1. The Balaban J connectivity index is 1.54. The topological polar surface area (TPSA) is 12.0 Å². The summed E-state index contributed by atoms with van der Waals surface area (Å²) in [6.07, 6.45) is 18.0. The minimum Gasteiger partial charge on any atom is -0.316 e. The minimum atomic E-state index is 0.963. The highest BCUT2D eigenvalue weighted by atomic mass is 14.9. The highest BCUT2D eigenvalue weighted by Gasteiger charge is 2.12. The number of hydrogen-bond acceptors (Lipinski definition) is 1. The Morgan fingerprint density at radius 1 is 1.12 bits per heavy atom. The predicted octanol–water partition coefficient (Wildman–Crippen LogP) is 3.82. The van der Waals surface area contributed by atoms with E-state index in [9.17, 15) is 0 Å². The van der Waals surface area contributed by atoms with Crippen molar-refractivity contribution in [2.75, 3.05) is 13.1 Å². The lowest BCUT2D eigenvalue weighted by molar-refractivity contribution is 0.343. The fourth-order valence-corrected chi connectivity index (χ4v) is 2.78. The summed E-state index contributed by atoms with van der Waals surface area (Å²) in [5.74, 6) is 0.963. The molecule has 0 unspecified atom stereocenters. The maximum atomic E-state index is 3.63. The quantitative estimate of drug-likeness (QED) is 0.693. The molecule has 1 fully saturated rings. The molecule has 0 aromatic carbocycles. The third-order valence-electron chi connectivity index (χ3n) is 3.82. The minimum absolute atomic E-state index is 0.963. The summed E-state index contributed by atoms with van der Waals surface area (Å²) in [6, 6.07) is 0. The van der Waals surface area contributed by atoms with Crippen LogP contribution in [0.15, 0.2) is 23.8 Å². The van der Waals surface area contributed by atoms with E-state index in [4.69, 9.17) is 0 Å². The van der Waals surface area contributed by atoms with E-state index < -0.39 is 0 Å². The molecule has 0 bridgehead atoms. The van der Waals surface area contributed by atoms with Crippen molar-refractivity contribution >= 4 is 0 Å². The molecule has 1 saturated carbocycles. The molecular weight excluding hydrogens is 194 g/mol. The number of hydrogen-bond donors (Lipinski definition) is 1. The van der Waals surface area contributed by atoms with E-state index in [-0.39, 0.29) is 0 Å². The van der Waals surface area contributed by atoms with Gasteiger partial charge in [-0.1, -0.05) is 43.1 Å². The van der Waals surface area contributed by atoms with Crippen LogP contribution in [0, 0.1) is 5.92 Å². The van der Waals surface area contributed by atoms with Crippen LogP contribution in [0.5, 0.6) is 0 Å². The van der Waals surface area contributed by atoms with Gasteiger partial charge in [-0.05, 0) is 51.1 Å². The zero-order chi connectivity index (χ0) is 11.1. The molecule has 0 aromatic rings. The van der Waals surface area contributed by atoms with Gasteiger partial charge in [-0.3, -0.25) is 0 Å². The first-order chi connectivity index (χ1) is 7.95. The Kier molecular flexibility index (Phi) is 5.14. The Morgan fingerprint density at radius 2 is 2.00 bits per heavy atom.